The highest BCUT2D eigenvalue weighted by atomic mass is 16.1. The van der Waals surface area contributed by atoms with Crippen LogP contribution in [0.2, 0.25) is 0 Å². The molecule has 0 aliphatic heterocycles. The molecule has 5 atom stereocenters. The summed E-state index contributed by atoms with van der Waals surface area (Å²) < 4.78 is 0. The van der Waals surface area contributed by atoms with Crippen molar-refractivity contribution in [2.75, 3.05) is 0 Å². The number of rotatable bonds is 0. The lowest BCUT2D eigenvalue weighted by Gasteiger charge is -2.43. The van der Waals surface area contributed by atoms with E-state index in [0.717, 1.165) is 36.0 Å². The van der Waals surface area contributed by atoms with E-state index >= 15 is 0 Å². The van der Waals surface area contributed by atoms with Crippen LogP contribution in [0.1, 0.15) is 57.8 Å². The van der Waals surface area contributed by atoms with Crippen LogP contribution in [0.3, 0.4) is 0 Å². The first-order valence-corrected chi connectivity index (χ1v) is 8.04. The fraction of sp³-hybridized carbons (Fsp3) is 0.824. The van der Waals surface area contributed by atoms with Gasteiger partial charge in [0.25, 0.3) is 0 Å². The van der Waals surface area contributed by atoms with Crippen LogP contribution in [0.15, 0.2) is 11.6 Å². The second kappa shape index (κ2) is 4.21. The summed E-state index contributed by atoms with van der Waals surface area (Å²) in [6.07, 6.45) is 14.1. The lowest BCUT2D eigenvalue weighted by atomic mass is 9.61. The molecular formula is C17H24O. The van der Waals surface area contributed by atoms with Gasteiger partial charge in [-0.3, -0.25) is 4.79 Å². The van der Waals surface area contributed by atoms with E-state index in [1.54, 1.807) is 0 Å². The summed E-state index contributed by atoms with van der Waals surface area (Å²) in [5, 5.41) is 0. The molecule has 0 N–H and O–H groups in total. The first-order valence-electron chi connectivity index (χ1n) is 8.04. The highest BCUT2D eigenvalue weighted by molar-refractivity contribution is 5.91. The normalized spacial score (nSPS) is 47.0. The van der Waals surface area contributed by atoms with Crippen molar-refractivity contribution in [2.45, 2.75) is 57.8 Å². The second-order valence-corrected chi connectivity index (χ2v) is 7.21. The minimum Gasteiger partial charge on any atom is -0.295 e. The quantitative estimate of drug-likeness (QED) is 0.626. The fourth-order valence-corrected chi connectivity index (χ4v) is 5.65. The predicted molar refractivity (Wildman–Crippen MR) is 72.1 cm³/mol. The Morgan fingerprint density at radius 1 is 0.889 bits per heavy atom. The van der Waals surface area contributed by atoms with Gasteiger partial charge >= 0.3 is 0 Å². The van der Waals surface area contributed by atoms with Gasteiger partial charge in [0, 0.05) is 6.42 Å². The molecule has 3 fully saturated rings. The Hall–Kier alpha value is -0.590. The van der Waals surface area contributed by atoms with Gasteiger partial charge in [0.1, 0.15) is 0 Å². The Balaban J connectivity index is 1.63. The number of hydrogen-bond acceptors (Lipinski definition) is 1. The summed E-state index contributed by atoms with van der Waals surface area (Å²) in [6.45, 7) is 0. The Bertz CT molecular complexity index is 394. The maximum absolute atomic E-state index is 11.6. The molecule has 5 unspecified atom stereocenters. The van der Waals surface area contributed by atoms with Crippen molar-refractivity contribution in [1.29, 1.82) is 0 Å². The van der Waals surface area contributed by atoms with Crippen molar-refractivity contribution in [3.63, 3.8) is 0 Å². The average Bonchev–Trinajstić information content (AvgIpc) is 2.74. The second-order valence-electron chi connectivity index (χ2n) is 7.21. The third-order valence-electron chi connectivity index (χ3n) is 6.45. The zero-order valence-corrected chi connectivity index (χ0v) is 11.2. The predicted octanol–water partition coefficient (Wildman–Crippen LogP) is 4.13. The molecule has 1 heteroatoms. The minimum atomic E-state index is 0.398. The van der Waals surface area contributed by atoms with Crippen LogP contribution in [0.25, 0.3) is 0 Å². The summed E-state index contributed by atoms with van der Waals surface area (Å²) in [5.74, 6) is 5.23. The summed E-state index contributed by atoms with van der Waals surface area (Å²) in [5.41, 5.74) is 1.53. The molecule has 0 amide bonds. The molecule has 18 heavy (non-hydrogen) atoms. The van der Waals surface area contributed by atoms with Crippen molar-refractivity contribution in [2.24, 2.45) is 29.6 Å². The van der Waals surface area contributed by atoms with Gasteiger partial charge in [-0.05, 0) is 74.2 Å². The van der Waals surface area contributed by atoms with E-state index in [0.29, 0.717) is 5.78 Å². The molecular weight excluding hydrogens is 220 g/mol. The first-order chi connectivity index (χ1) is 8.81. The van der Waals surface area contributed by atoms with Crippen molar-refractivity contribution in [3.05, 3.63) is 11.6 Å². The lowest BCUT2D eigenvalue weighted by Crippen LogP contribution is -2.35. The largest absolute Gasteiger partial charge is 0.295 e. The molecule has 0 aromatic carbocycles. The van der Waals surface area contributed by atoms with Gasteiger partial charge in [0.05, 0.1) is 0 Å². The molecule has 0 spiro atoms. The number of ketones is 1. The number of hydrogen-bond donors (Lipinski definition) is 0. The number of allylic oxidation sites excluding steroid dienone is 2. The Labute approximate surface area is 110 Å². The van der Waals surface area contributed by atoms with E-state index in [2.05, 4.69) is 0 Å². The third kappa shape index (κ3) is 1.70. The van der Waals surface area contributed by atoms with Crippen LogP contribution in [-0.2, 0) is 4.79 Å². The zero-order chi connectivity index (χ0) is 12.1. The fourth-order valence-electron chi connectivity index (χ4n) is 5.65. The minimum absolute atomic E-state index is 0.398. The van der Waals surface area contributed by atoms with Crippen molar-refractivity contribution < 1.29 is 4.79 Å². The number of carbonyl (C=O) groups excluding carboxylic acids is 1. The highest BCUT2D eigenvalue weighted by Gasteiger charge is 2.45. The summed E-state index contributed by atoms with van der Waals surface area (Å²) in [7, 11) is 0. The molecule has 1 nitrogen and oxygen atoms in total. The van der Waals surface area contributed by atoms with E-state index in [-0.39, 0.29) is 0 Å². The van der Waals surface area contributed by atoms with Crippen LogP contribution < -0.4 is 0 Å². The van der Waals surface area contributed by atoms with Gasteiger partial charge < -0.3 is 0 Å². The van der Waals surface area contributed by atoms with Gasteiger partial charge in [0.2, 0.25) is 0 Å². The van der Waals surface area contributed by atoms with Gasteiger partial charge in [-0.25, -0.2) is 0 Å². The molecule has 0 aromatic heterocycles. The Morgan fingerprint density at radius 2 is 1.78 bits per heavy atom. The Morgan fingerprint density at radius 3 is 2.72 bits per heavy atom. The van der Waals surface area contributed by atoms with Crippen LogP contribution >= 0.6 is 0 Å². The third-order valence-corrected chi connectivity index (χ3v) is 6.45. The van der Waals surface area contributed by atoms with E-state index in [1.807, 2.05) is 6.08 Å². The van der Waals surface area contributed by atoms with Crippen molar-refractivity contribution >= 4 is 5.78 Å². The molecule has 4 aliphatic rings. The van der Waals surface area contributed by atoms with Gasteiger partial charge in [-0.1, -0.05) is 18.4 Å². The van der Waals surface area contributed by atoms with Gasteiger partial charge in [-0.15, -0.1) is 0 Å². The zero-order valence-electron chi connectivity index (χ0n) is 11.2. The maximum Gasteiger partial charge on any atom is 0.155 e. The molecule has 2 bridgehead atoms. The smallest absolute Gasteiger partial charge is 0.155 e. The van der Waals surface area contributed by atoms with Gasteiger partial charge in [-0.2, -0.15) is 0 Å². The molecule has 0 radical (unpaired) electrons. The molecule has 4 rings (SSSR count). The van der Waals surface area contributed by atoms with Gasteiger partial charge in [0.15, 0.2) is 5.78 Å². The van der Waals surface area contributed by atoms with Crippen LogP contribution in [0.5, 0.6) is 0 Å². The van der Waals surface area contributed by atoms with E-state index in [9.17, 15) is 4.79 Å². The number of carbonyl (C=O) groups is 1. The van der Waals surface area contributed by atoms with Crippen LogP contribution in [0.4, 0.5) is 0 Å². The monoisotopic (exact) mass is 244 g/mol. The van der Waals surface area contributed by atoms with Crippen molar-refractivity contribution in [3.8, 4) is 0 Å². The molecule has 0 aromatic rings. The average molecular weight is 244 g/mol. The summed E-state index contributed by atoms with van der Waals surface area (Å²) in [6, 6.07) is 0. The topological polar surface area (TPSA) is 17.1 Å². The molecule has 3 saturated carbocycles. The van der Waals surface area contributed by atoms with Crippen molar-refractivity contribution in [1.82, 2.24) is 0 Å². The maximum atomic E-state index is 11.6. The van der Waals surface area contributed by atoms with E-state index in [4.69, 9.17) is 0 Å². The summed E-state index contributed by atoms with van der Waals surface area (Å²) >= 11 is 0. The van der Waals surface area contributed by atoms with Crippen LogP contribution in [0, 0.1) is 29.6 Å². The lowest BCUT2D eigenvalue weighted by molar-refractivity contribution is -0.115. The summed E-state index contributed by atoms with van der Waals surface area (Å²) in [4.78, 5) is 11.6. The first kappa shape index (κ1) is 11.3. The van der Waals surface area contributed by atoms with E-state index < -0.39 is 0 Å². The molecule has 0 heterocycles. The van der Waals surface area contributed by atoms with E-state index in [1.165, 1.54) is 56.9 Å². The molecule has 4 aliphatic carbocycles. The Kier molecular flexibility index (Phi) is 2.63. The number of fused-ring (bicyclic) bond motifs is 6. The van der Waals surface area contributed by atoms with Crippen LogP contribution in [-0.4, -0.2) is 5.78 Å². The molecule has 0 saturated heterocycles. The highest BCUT2D eigenvalue weighted by Crippen LogP contribution is 2.55. The SMILES string of the molecule is O=C1C=C2CCC3C4CCC(CCC3C2CC1)C4. The standard InChI is InChI=1S/C17H24O/c18-14-5-8-16-13(10-14)4-7-15-12-3-1-11(9-12)2-6-17(15)16/h10-12,15-17H,1-9H2. The molecule has 98 valence electrons.